The van der Waals surface area contributed by atoms with Crippen LogP contribution in [-0.4, -0.2) is 54.1 Å². The van der Waals surface area contributed by atoms with E-state index >= 15 is 0 Å². The van der Waals surface area contributed by atoms with Crippen molar-refractivity contribution in [3.8, 4) is 5.75 Å². The molecule has 0 bridgehead atoms. The Morgan fingerprint density at radius 1 is 0.966 bits per heavy atom. The molecule has 1 saturated heterocycles. The molecule has 0 unspecified atom stereocenters. The number of carbonyl (C=O) groups excluding carboxylic acids is 1. The molecule has 0 spiro atoms. The van der Waals surface area contributed by atoms with Crippen LogP contribution in [0.2, 0.25) is 0 Å². The number of nitrogens with one attached hydrogen (secondary N) is 1. The number of amides is 1. The quantitative estimate of drug-likeness (QED) is 0.716. The van der Waals surface area contributed by atoms with E-state index in [1.807, 2.05) is 24.4 Å². The Morgan fingerprint density at radius 3 is 2.41 bits per heavy atom. The minimum Gasteiger partial charge on any atom is -0.497 e. The SMILES string of the molecule is COc1cccc(C(=O)Nc2cnc(N3CCN(c4ccccn4)CC3)nc2)c1. The molecule has 1 amide bonds. The highest BCUT2D eigenvalue weighted by Gasteiger charge is 2.19. The summed E-state index contributed by atoms with van der Waals surface area (Å²) in [5.74, 6) is 2.05. The third-order valence-corrected chi connectivity index (χ3v) is 4.76. The van der Waals surface area contributed by atoms with Crippen molar-refractivity contribution in [2.24, 2.45) is 0 Å². The fraction of sp³-hybridized carbons (Fsp3) is 0.238. The first kappa shape index (κ1) is 18.7. The van der Waals surface area contributed by atoms with Gasteiger partial charge in [-0.05, 0) is 30.3 Å². The molecule has 1 aliphatic rings. The van der Waals surface area contributed by atoms with Crippen molar-refractivity contribution >= 4 is 23.4 Å². The molecule has 0 saturated carbocycles. The average molecular weight is 390 g/mol. The number of benzene rings is 1. The summed E-state index contributed by atoms with van der Waals surface area (Å²) < 4.78 is 5.16. The molecule has 2 aromatic heterocycles. The maximum atomic E-state index is 12.4. The second kappa shape index (κ2) is 8.55. The average Bonchev–Trinajstić information content (AvgIpc) is 2.80. The second-order valence-electron chi connectivity index (χ2n) is 6.62. The topological polar surface area (TPSA) is 83.5 Å². The van der Waals surface area contributed by atoms with E-state index in [2.05, 4.69) is 30.1 Å². The Labute approximate surface area is 169 Å². The van der Waals surface area contributed by atoms with Gasteiger partial charge in [0.05, 0.1) is 25.2 Å². The maximum absolute atomic E-state index is 12.4. The van der Waals surface area contributed by atoms with E-state index in [0.29, 0.717) is 22.9 Å². The number of anilines is 3. The van der Waals surface area contributed by atoms with Crippen molar-refractivity contribution in [2.45, 2.75) is 0 Å². The van der Waals surface area contributed by atoms with Crippen LogP contribution in [0.1, 0.15) is 10.4 Å². The van der Waals surface area contributed by atoms with Gasteiger partial charge in [0.1, 0.15) is 11.6 Å². The molecule has 1 N–H and O–H groups in total. The molecule has 1 aliphatic heterocycles. The van der Waals surface area contributed by atoms with Crippen LogP contribution in [0.15, 0.2) is 61.1 Å². The molecule has 4 rings (SSSR count). The first-order chi connectivity index (χ1) is 14.2. The predicted octanol–water partition coefficient (Wildman–Crippen LogP) is 2.46. The molecular formula is C21H22N6O2. The van der Waals surface area contributed by atoms with Gasteiger partial charge in [-0.15, -0.1) is 0 Å². The summed E-state index contributed by atoms with van der Waals surface area (Å²) in [7, 11) is 1.57. The number of hydrogen-bond donors (Lipinski definition) is 1. The number of methoxy groups -OCH3 is 1. The summed E-state index contributed by atoms with van der Waals surface area (Å²) in [5.41, 5.74) is 1.06. The summed E-state index contributed by atoms with van der Waals surface area (Å²) in [4.78, 5) is 30.0. The Hall–Kier alpha value is -3.68. The number of carbonyl (C=O) groups is 1. The monoisotopic (exact) mass is 390 g/mol. The lowest BCUT2D eigenvalue weighted by molar-refractivity contribution is 0.102. The summed E-state index contributed by atoms with van der Waals surface area (Å²) in [5, 5.41) is 2.81. The van der Waals surface area contributed by atoms with Gasteiger partial charge in [-0.1, -0.05) is 12.1 Å². The molecule has 148 valence electrons. The van der Waals surface area contributed by atoms with Crippen LogP contribution >= 0.6 is 0 Å². The van der Waals surface area contributed by atoms with Gasteiger partial charge in [0, 0.05) is 37.9 Å². The highest BCUT2D eigenvalue weighted by atomic mass is 16.5. The third kappa shape index (κ3) is 4.43. The Morgan fingerprint density at radius 2 is 1.72 bits per heavy atom. The fourth-order valence-corrected chi connectivity index (χ4v) is 3.19. The van der Waals surface area contributed by atoms with Crippen LogP contribution in [0.5, 0.6) is 5.75 Å². The molecule has 29 heavy (non-hydrogen) atoms. The molecular weight excluding hydrogens is 368 g/mol. The lowest BCUT2D eigenvalue weighted by Gasteiger charge is -2.35. The van der Waals surface area contributed by atoms with Crippen LogP contribution in [0.4, 0.5) is 17.5 Å². The number of aromatic nitrogens is 3. The van der Waals surface area contributed by atoms with Crippen LogP contribution < -0.4 is 19.9 Å². The zero-order chi connectivity index (χ0) is 20.1. The van der Waals surface area contributed by atoms with Crippen molar-refractivity contribution in [1.82, 2.24) is 15.0 Å². The first-order valence-electron chi connectivity index (χ1n) is 9.41. The molecule has 0 aliphatic carbocycles. The molecule has 3 heterocycles. The van der Waals surface area contributed by atoms with E-state index in [4.69, 9.17) is 4.74 Å². The Balaban J connectivity index is 1.35. The van der Waals surface area contributed by atoms with E-state index in [-0.39, 0.29) is 5.91 Å². The van der Waals surface area contributed by atoms with Gasteiger partial charge in [0.15, 0.2) is 0 Å². The number of hydrogen-bond acceptors (Lipinski definition) is 7. The largest absolute Gasteiger partial charge is 0.497 e. The molecule has 8 nitrogen and oxygen atoms in total. The minimum atomic E-state index is -0.232. The van der Waals surface area contributed by atoms with Crippen molar-refractivity contribution in [3.63, 3.8) is 0 Å². The third-order valence-electron chi connectivity index (χ3n) is 4.76. The second-order valence-corrected chi connectivity index (χ2v) is 6.62. The molecule has 1 aromatic carbocycles. The first-order valence-corrected chi connectivity index (χ1v) is 9.41. The highest BCUT2D eigenvalue weighted by molar-refractivity contribution is 6.04. The van der Waals surface area contributed by atoms with Gasteiger partial charge in [-0.2, -0.15) is 0 Å². The van der Waals surface area contributed by atoms with Gasteiger partial charge in [0.25, 0.3) is 5.91 Å². The van der Waals surface area contributed by atoms with Crippen LogP contribution in [0, 0.1) is 0 Å². The van der Waals surface area contributed by atoms with Gasteiger partial charge in [-0.3, -0.25) is 4.79 Å². The van der Waals surface area contributed by atoms with Crippen LogP contribution in [0.25, 0.3) is 0 Å². The van der Waals surface area contributed by atoms with E-state index in [1.165, 1.54) is 0 Å². The summed E-state index contributed by atoms with van der Waals surface area (Å²) in [6, 6.07) is 12.9. The van der Waals surface area contributed by atoms with Crippen molar-refractivity contribution in [3.05, 3.63) is 66.6 Å². The van der Waals surface area contributed by atoms with E-state index in [1.54, 1.807) is 43.8 Å². The zero-order valence-corrected chi connectivity index (χ0v) is 16.2. The summed E-state index contributed by atoms with van der Waals surface area (Å²) in [6.07, 6.45) is 5.07. The van der Waals surface area contributed by atoms with Crippen molar-refractivity contribution < 1.29 is 9.53 Å². The van der Waals surface area contributed by atoms with Gasteiger partial charge in [-0.25, -0.2) is 15.0 Å². The normalized spacial score (nSPS) is 13.8. The molecule has 3 aromatic rings. The smallest absolute Gasteiger partial charge is 0.255 e. The number of nitrogens with zero attached hydrogens (tertiary/aromatic N) is 5. The van der Waals surface area contributed by atoms with E-state index in [0.717, 1.165) is 32.0 Å². The number of rotatable bonds is 5. The zero-order valence-electron chi connectivity index (χ0n) is 16.2. The molecule has 0 radical (unpaired) electrons. The number of piperazine rings is 1. The number of pyridine rings is 1. The number of ether oxygens (including phenoxy) is 1. The van der Waals surface area contributed by atoms with Crippen LogP contribution in [-0.2, 0) is 0 Å². The molecule has 1 fully saturated rings. The van der Waals surface area contributed by atoms with Gasteiger partial charge in [0.2, 0.25) is 5.95 Å². The molecule has 0 atom stereocenters. The summed E-state index contributed by atoms with van der Waals surface area (Å²) in [6.45, 7) is 3.33. The molecule has 8 heteroatoms. The van der Waals surface area contributed by atoms with E-state index in [9.17, 15) is 4.79 Å². The van der Waals surface area contributed by atoms with Crippen LogP contribution in [0.3, 0.4) is 0 Å². The summed E-state index contributed by atoms with van der Waals surface area (Å²) >= 11 is 0. The van der Waals surface area contributed by atoms with Crippen molar-refractivity contribution in [2.75, 3.05) is 48.4 Å². The van der Waals surface area contributed by atoms with Crippen molar-refractivity contribution in [1.29, 1.82) is 0 Å². The lowest BCUT2D eigenvalue weighted by Crippen LogP contribution is -2.47. The Bertz CT molecular complexity index is 956. The highest BCUT2D eigenvalue weighted by Crippen LogP contribution is 2.18. The lowest BCUT2D eigenvalue weighted by atomic mass is 10.2. The Kier molecular flexibility index (Phi) is 5.51. The van der Waals surface area contributed by atoms with Gasteiger partial charge < -0.3 is 19.9 Å². The fourth-order valence-electron chi connectivity index (χ4n) is 3.19. The standard InChI is InChI=1S/C21H22N6O2/c1-29-18-6-4-5-16(13-18)20(28)25-17-14-23-21(24-15-17)27-11-9-26(10-12-27)19-7-2-3-8-22-19/h2-8,13-15H,9-12H2,1H3,(H,25,28). The predicted molar refractivity (Wildman–Crippen MR) is 112 cm³/mol. The maximum Gasteiger partial charge on any atom is 0.255 e. The minimum absolute atomic E-state index is 0.232. The van der Waals surface area contributed by atoms with Gasteiger partial charge >= 0.3 is 0 Å². The van der Waals surface area contributed by atoms with E-state index < -0.39 is 0 Å².